The number of alkyl halides is 3. The maximum Gasteiger partial charge on any atom is 0.418 e. The molecule has 1 heterocycles. The zero-order chi connectivity index (χ0) is 16.8. The Balaban J connectivity index is 3.08. The van der Waals surface area contributed by atoms with E-state index >= 15 is 0 Å². The first-order valence-corrected chi connectivity index (χ1v) is 6.52. The monoisotopic (exact) mass is 316 g/mol. The fraction of sp³-hybridized carbons (Fsp3) is 0.462. The minimum absolute atomic E-state index is 0.0241. The predicted molar refractivity (Wildman–Crippen MR) is 76.1 cm³/mol. The van der Waals surface area contributed by atoms with Crippen LogP contribution in [0.5, 0.6) is 0 Å². The van der Waals surface area contributed by atoms with Gasteiger partial charge in [-0.2, -0.15) is 13.2 Å². The predicted octanol–water partition coefficient (Wildman–Crippen LogP) is 3.36. The Morgan fingerprint density at radius 1 is 1.41 bits per heavy atom. The Morgan fingerprint density at radius 2 is 2.00 bits per heavy atom. The van der Waals surface area contributed by atoms with E-state index < -0.39 is 28.0 Å². The summed E-state index contributed by atoms with van der Waals surface area (Å²) in [4.78, 5) is 15.8. The highest BCUT2D eigenvalue weighted by Gasteiger charge is 2.40. The SMILES string of the molecule is CCn1c(C)nc2cc(C(F)(F)F)c(N(C)C)c([N+](=O)[O-])c21. The number of anilines is 1. The van der Waals surface area contributed by atoms with Crippen molar-refractivity contribution in [2.24, 2.45) is 0 Å². The second-order valence-electron chi connectivity index (χ2n) is 5.04. The van der Waals surface area contributed by atoms with Crippen LogP contribution in [0, 0.1) is 17.0 Å². The molecular weight excluding hydrogens is 301 g/mol. The van der Waals surface area contributed by atoms with Gasteiger partial charge in [-0.25, -0.2) is 4.98 Å². The molecule has 1 aromatic heterocycles. The van der Waals surface area contributed by atoms with E-state index in [1.54, 1.807) is 18.4 Å². The van der Waals surface area contributed by atoms with Crippen LogP contribution in [0.3, 0.4) is 0 Å². The molecule has 6 nitrogen and oxygen atoms in total. The lowest BCUT2D eigenvalue weighted by atomic mass is 10.1. The first-order valence-electron chi connectivity index (χ1n) is 6.52. The van der Waals surface area contributed by atoms with E-state index in [2.05, 4.69) is 4.98 Å². The van der Waals surface area contributed by atoms with Crippen molar-refractivity contribution in [3.63, 3.8) is 0 Å². The lowest BCUT2D eigenvalue weighted by molar-refractivity contribution is -0.382. The standard InChI is InChI=1S/C13H15F3N4O2/c1-5-19-7(2)17-9-6-8(13(14,15)16)10(18(3)4)12(11(9)19)20(21)22/h6H,5H2,1-4H3. The summed E-state index contributed by atoms with van der Waals surface area (Å²) in [6, 6.07) is 0.872. The van der Waals surface area contributed by atoms with Gasteiger partial charge in [0.1, 0.15) is 17.0 Å². The normalized spacial score (nSPS) is 12.0. The molecule has 9 heteroatoms. The van der Waals surface area contributed by atoms with Gasteiger partial charge in [0, 0.05) is 20.6 Å². The number of rotatable bonds is 3. The van der Waals surface area contributed by atoms with E-state index in [1.165, 1.54) is 14.1 Å². The molecule has 2 rings (SSSR count). The number of nitrogens with zero attached hydrogens (tertiary/aromatic N) is 4. The minimum Gasteiger partial charge on any atom is -0.372 e. The summed E-state index contributed by atoms with van der Waals surface area (Å²) in [6.07, 6.45) is -4.71. The molecule has 0 aliphatic heterocycles. The Labute approximate surface area is 124 Å². The van der Waals surface area contributed by atoms with Crippen LogP contribution < -0.4 is 4.90 Å². The van der Waals surface area contributed by atoms with Crippen LogP contribution >= 0.6 is 0 Å². The van der Waals surface area contributed by atoms with Gasteiger partial charge in [-0.1, -0.05) is 0 Å². The maximum atomic E-state index is 13.3. The minimum atomic E-state index is -4.71. The van der Waals surface area contributed by atoms with Crippen LogP contribution in [-0.4, -0.2) is 28.6 Å². The van der Waals surface area contributed by atoms with Gasteiger partial charge < -0.3 is 9.47 Å². The van der Waals surface area contributed by atoms with E-state index in [9.17, 15) is 23.3 Å². The number of nitro groups is 1. The van der Waals surface area contributed by atoms with Crippen molar-refractivity contribution < 1.29 is 18.1 Å². The first-order chi connectivity index (χ1) is 10.1. The van der Waals surface area contributed by atoms with Gasteiger partial charge in [0.05, 0.1) is 16.0 Å². The molecule has 2 aromatic rings. The number of hydrogen-bond acceptors (Lipinski definition) is 4. The summed E-state index contributed by atoms with van der Waals surface area (Å²) in [5.41, 5.74) is -2.00. The molecule has 0 atom stereocenters. The molecule has 0 radical (unpaired) electrons. The third-order valence-corrected chi connectivity index (χ3v) is 3.42. The zero-order valence-corrected chi connectivity index (χ0v) is 12.5. The largest absolute Gasteiger partial charge is 0.418 e. The third kappa shape index (κ3) is 2.36. The molecule has 0 saturated heterocycles. The summed E-state index contributed by atoms with van der Waals surface area (Å²) in [6.45, 7) is 3.74. The molecule has 120 valence electrons. The molecule has 1 aromatic carbocycles. The number of hydrogen-bond donors (Lipinski definition) is 0. The quantitative estimate of drug-likeness (QED) is 0.643. The van der Waals surface area contributed by atoms with Crippen LogP contribution in [0.2, 0.25) is 0 Å². The molecule has 0 spiro atoms. The van der Waals surface area contributed by atoms with Crippen molar-refractivity contribution in [2.75, 3.05) is 19.0 Å². The molecule has 0 amide bonds. The fourth-order valence-corrected chi connectivity index (χ4v) is 2.61. The van der Waals surface area contributed by atoms with Crippen molar-refractivity contribution in [1.82, 2.24) is 9.55 Å². The Morgan fingerprint density at radius 3 is 2.41 bits per heavy atom. The third-order valence-electron chi connectivity index (χ3n) is 3.42. The van der Waals surface area contributed by atoms with Crippen molar-refractivity contribution in [2.45, 2.75) is 26.6 Å². The Bertz CT molecular complexity index is 750. The van der Waals surface area contributed by atoms with Crippen molar-refractivity contribution >= 4 is 22.4 Å². The summed E-state index contributed by atoms with van der Waals surface area (Å²) >= 11 is 0. The summed E-state index contributed by atoms with van der Waals surface area (Å²) in [5.74, 6) is 0.435. The van der Waals surface area contributed by atoms with Crippen LogP contribution in [0.1, 0.15) is 18.3 Å². The van der Waals surface area contributed by atoms with E-state index in [1.807, 2.05) is 0 Å². The zero-order valence-electron chi connectivity index (χ0n) is 12.5. The summed E-state index contributed by atoms with van der Waals surface area (Å²) < 4.78 is 41.4. The number of fused-ring (bicyclic) bond motifs is 1. The Kier molecular flexibility index (Phi) is 3.76. The second-order valence-corrected chi connectivity index (χ2v) is 5.04. The van der Waals surface area contributed by atoms with Crippen LogP contribution in [0.25, 0.3) is 11.0 Å². The maximum absolute atomic E-state index is 13.3. The van der Waals surface area contributed by atoms with E-state index in [4.69, 9.17) is 0 Å². The van der Waals surface area contributed by atoms with Crippen LogP contribution in [0.15, 0.2) is 6.07 Å². The average Bonchev–Trinajstić information content (AvgIpc) is 2.69. The molecule has 0 fully saturated rings. The highest BCUT2D eigenvalue weighted by Crippen LogP contribution is 2.45. The highest BCUT2D eigenvalue weighted by molar-refractivity contribution is 5.95. The average molecular weight is 316 g/mol. The lowest BCUT2D eigenvalue weighted by Gasteiger charge is -2.19. The number of aromatic nitrogens is 2. The Hall–Kier alpha value is -2.32. The second kappa shape index (κ2) is 5.15. The van der Waals surface area contributed by atoms with Gasteiger partial charge in [0.25, 0.3) is 0 Å². The molecule has 0 saturated carbocycles. The van der Waals surface area contributed by atoms with E-state index in [0.29, 0.717) is 12.4 Å². The number of nitro benzene ring substituents is 1. The van der Waals surface area contributed by atoms with Crippen LogP contribution in [0.4, 0.5) is 24.5 Å². The van der Waals surface area contributed by atoms with Crippen molar-refractivity contribution in [1.29, 1.82) is 0 Å². The topological polar surface area (TPSA) is 64.2 Å². The first kappa shape index (κ1) is 16.1. The van der Waals surface area contributed by atoms with Gasteiger partial charge in [-0.3, -0.25) is 10.1 Å². The molecule has 0 aliphatic carbocycles. The van der Waals surface area contributed by atoms with Gasteiger partial charge in [-0.05, 0) is 19.9 Å². The van der Waals surface area contributed by atoms with Crippen molar-refractivity contribution in [3.8, 4) is 0 Å². The number of halogens is 3. The molecular formula is C13H15F3N4O2. The van der Waals surface area contributed by atoms with E-state index in [0.717, 1.165) is 11.0 Å². The van der Waals surface area contributed by atoms with Gasteiger partial charge in [0.15, 0.2) is 0 Å². The molecule has 0 bridgehead atoms. The molecule has 0 aliphatic rings. The molecule has 0 unspecified atom stereocenters. The molecule has 22 heavy (non-hydrogen) atoms. The smallest absolute Gasteiger partial charge is 0.372 e. The molecule has 0 N–H and O–H groups in total. The van der Waals surface area contributed by atoms with Gasteiger partial charge in [-0.15, -0.1) is 0 Å². The van der Waals surface area contributed by atoms with Crippen molar-refractivity contribution in [3.05, 3.63) is 27.6 Å². The van der Waals surface area contributed by atoms with E-state index in [-0.39, 0.29) is 11.0 Å². The highest BCUT2D eigenvalue weighted by atomic mass is 19.4. The number of imidazole rings is 1. The lowest BCUT2D eigenvalue weighted by Crippen LogP contribution is -2.19. The number of benzene rings is 1. The fourth-order valence-electron chi connectivity index (χ4n) is 2.61. The summed E-state index contributed by atoms with van der Waals surface area (Å²) in [5, 5.41) is 11.5. The van der Waals surface area contributed by atoms with Gasteiger partial charge in [0.2, 0.25) is 0 Å². The summed E-state index contributed by atoms with van der Waals surface area (Å²) in [7, 11) is 2.70. The van der Waals surface area contributed by atoms with Crippen LogP contribution in [-0.2, 0) is 12.7 Å². The van der Waals surface area contributed by atoms with Gasteiger partial charge >= 0.3 is 11.9 Å². The number of aryl methyl sites for hydroxylation is 2.